The molecule has 126 valence electrons. The molecule has 10 heteroatoms. The van der Waals surface area contributed by atoms with Crippen LogP contribution < -0.4 is 11.5 Å². The van der Waals surface area contributed by atoms with E-state index in [4.69, 9.17) is 10.8 Å². The first-order chi connectivity index (χ1) is 10.4. The van der Waals surface area contributed by atoms with Crippen molar-refractivity contribution in [3.63, 3.8) is 0 Å². The molecule has 0 aliphatic heterocycles. The zero-order valence-corrected chi connectivity index (χ0v) is 13.1. The monoisotopic (exact) mass is 343 g/mol. The average Bonchev–Trinajstić information content (AvgIpc) is 2.90. The van der Waals surface area contributed by atoms with Crippen LogP contribution in [0.1, 0.15) is 5.56 Å². The Balaban J connectivity index is 0.000000522. The lowest BCUT2D eigenvalue weighted by atomic mass is 10.1. The number of hydrogen-bond acceptors (Lipinski definition) is 5. The summed E-state index contributed by atoms with van der Waals surface area (Å²) in [6, 6.07) is 6.06. The summed E-state index contributed by atoms with van der Waals surface area (Å²) in [5, 5.41) is 12.5. The molecule has 2 rings (SSSR count). The van der Waals surface area contributed by atoms with Gasteiger partial charge in [-0.2, -0.15) is 5.01 Å². The van der Waals surface area contributed by atoms with E-state index in [1.807, 2.05) is 30.5 Å². The number of carboxylic acid groups (broad SMARTS) is 1. The van der Waals surface area contributed by atoms with Gasteiger partial charge in [-0.1, -0.05) is 18.2 Å². The maximum Gasteiger partial charge on any atom is 0.337 e. The number of rotatable bonds is 4. The fourth-order valence-corrected chi connectivity index (χ4v) is 1.66. The van der Waals surface area contributed by atoms with Crippen molar-refractivity contribution in [3.8, 4) is 0 Å². The Morgan fingerprint density at radius 1 is 1.39 bits per heavy atom. The van der Waals surface area contributed by atoms with Gasteiger partial charge in [-0.15, -0.1) is 17.3 Å². The van der Waals surface area contributed by atoms with Crippen LogP contribution in [0, 0.1) is 4.91 Å². The average molecular weight is 344 g/mol. The van der Waals surface area contributed by atoms with Crippen molar-refractivity contribution >= 4 is 35.3 Å². The molecule has 6 N–H and O–H groups in total. The Kier molecular flexibility index (Phi) is 8.30. The van der Waals surface area contributed by atoms with Crippen LogP contribution >= 0.6 is 12.4 Å². The molecule has 1 aromatic carbocycles. The van der Waals surface area contributed by atoms with E-state index < -0.39 is 18.0 Å². The molecule has 1 aromatic heterocycles. The number of aliphatic carboxylic acids is 1. The predicted molar refractivity (Wildman–Crippen MR) is 88.0 cm³/mol. The number of amides is 2. The standard InChI is InChI=1S/C11H12N2O2.C2H5N3O2.ClH/c12-9(11(14)15)5-7-6-13-10-4-2-1-3-8(7)10;1-5(4-7)2(3)6;/h1-4,6,9,13H,5,12H2,(H,14,15);1H3,(H2,3,6);1H/t9-;;/m0../s1. The summed E-state index contributed by atoms with van der Waals surface area (Å²) in [6.07, 6.45) is 2.16. The number of carboxylic acids is 1. The molecule has 1 atom stereocenters. The number of nitrogens with one attached hydrogen (secondary N) is 1. The van der Waals surface area contributed by atoms with Gasteiger partial charge in [0.05, 0.1) is 5.29 Å². The first kappa shape index (κ1) is 20.3. The number of fused-ring (bicyclic) bond motifs is 1. The summed E-state index contributed by atoms with van der Waals surface area (Å²) < 4.78 is 0. The van der Waals surface area contributed by atoms with E-state index in [-0.39, 0.29) is 12.4 Å². The minimum Gasteiger partial charge on any atom is -0.480 e. The summed E-state index contributed by atoms with van der Waals surface area (Å²) in [4.78, 5) is 32.8. The van der Waals surface area contributed by atoms with Crippen molar-refractivity contribution < 1.29 is 14.7 Å². The van der Waals surface area contributed by atoms with Gasteiger partial charge in [0.15, 0.2) is 0 Å². The highest BCUT2D eigenvalue weighted by Gasteiger charge is 2.14. The van der Waals surface area contributed by atoms with Gasteiger partial charge in [0, 0.05) is 30.6 Å². The van der Waals surface area contributed by atoms with E-state index >= 15 is 0 Å². The number of nitrogens with zero attached hydrogens (tertiary/aromatic N) is 2. The molecule has 0 unspecified atom stereocenters. The van der Waals surface area contributed by atoms with Crippen LogP contribution in [0.2, 0.25) is 0 Å². The maximum absolute atomic E-state index is 10.6. The van der Waals surface area contributed by atoms with Gasteiger partial charge < -0.3 is 21.6 Å². The highest BCUT2D eigenvalue weighted by atomic mass is 35.5. The van der Waals surface area contributed by atoms with E-state index in [0.29, 0.717) is 11.4 Å². The molecule has 1 heterocycles. The molecule has 0 fully saturated rings. The lowest BCUT2D eigenvalue weighted by Gasteiger charge is -2.04. The summed E-state index contributed by atoms with van der Waals surface area (Å²) in [5.74, 6) is -0.972. The molecular weight excluding hydrogens is 326 g/mol. The fraction of sp³-hybridized carbons (Fsp3) is 0.231. The third kappa shape index (κ3) is 5.93. The molecule has 0 aliphatic carbocycles. The molecule has 0 saturated carbocycles. The smallest absolute Gasteiger partial charge is 0.337 e. The maximum atomic E-state index is 10.6. The number of urea groups is 1. The zero-order chi connectivity index (χ0) is 16.7. The highest BCUT2D eigenvalue weighted by molar-refractivity contribution is 5.85. The van der Waals surface area contributed by atoms with Crippen molar-refractivity contribution in [2.45, 2.75) is 12.5 Å². The van der Waals surface area contributed by atoms with Crippen LogP contribution in [0.25, 0.3) is 10.9 Å². The van der Waals surface area contributed by atoms with E-state index in [9.17, 15) is 14.5 Å². The molecule has 0 bridgehead atoms. The van der Waals surface area contributed by atoms with Crippen LogP contribution in [0.5, 0.6) is 0 Å². The first-order valence-corrected chi connectivity index (χ1v) is 6.26. The quantitative estimate of drug-likeness (QED) is 0.485. The number of H-pyrrole nitrogens is 1. The van der Waals surface area contributed by atoms with E-state index in [0.717, 1.165) is 16.5 Å². The van der Waals surface area contributed by atoms with Gasteiger partial charge in [-0.05, 0) is 11.6 Å². The van der Waals surface area contributed by atoms with Gasteiger partial charge in [-0.25, -0.2) is 4.79 Å². The number of primary amides is 1. The van der Waals surface area contributed by atoms with Crippen molar-refractivity contribution in [2.75, 3.05) is 7.05 Å². The number of hydrogen-bond donors (Lipinski definition) is 4. The summed E-state index contributed by atoms with van der Waals surface area (Å²) in [5.41, 5.74) is 12.0. The van der Waals surface area contributed by atoms with Gasteiger partial charge in [0.2, 0.25) is 0 Å². The minimum atomic E-state index is -0.972. The summed E-state index contributed by atoms with van der Waals surface area (Å²) >= 11 is 0. The number of nitrogens with two attached hydrogens (primary N) is 2. The highest BCUT2D eigenvalue weighted by Crippen LogP contribution is 2.18. The summed E-state index contributed by atoms with van der Waals surface area (Å²) in [6.45, 7) is 0. The fourth-order valence-electron chi connectivity index (χ4n) is 1.66. The molecule has 0 saturated heterocycles. The second kappa shape index (κ2) is 9.38. The number of aromatic nitrogens is 1. The number of aromatic amines is 1. The van der Waals surface area contributed by atoms with Crippen LogP contribution in [0.15, 0.2) is 35.7 Å². The van der Waals surface area contributed by atoms with Crippen LogP contribution in [-0.4, -0.2) is 40.2 Å². The summed E-state index contributed by atoms with van der Waals surface area (Å²) in [7, 11) is 1.18. The Morgan fingerprint density at radius 2 is 2.00 bits per heavy atom. The molecule has 0 aliphatic rings. The van der Waals surface area contributed by atoms with Crippen LogP contribution in [0.4, 0.5) is 4.79 Å². The molecule has 9 nitrogen and oxygen atoms in total. The number of nitroso groups, excluding NO2 is 1. The zero-order valence-electron chi connectivity index (χ0n) is 12.3. The van der Waals surface area contributed by atoms with Gasteiger partial charge in [0.25, 0.3) is 0 Å². The lowest BCUT2D eigenvalue weighted by molar-refractivity contribution is -0.138. The van der Waals surface area contributed by atoms with Gasteiger partial charge in [-0.3, -0.25) is 4.79 Å². The minimum absolute atomic E-state index is 0. The Bertz CT molecular complexity index is 675. The number of benzene rings is 1. The largest absolute Gasteiger partial charge is 0.480 e. The normalized spacial score (nSPS) is 10.7. The van der Waals surface area contributed by atoms with E-state index in [1.54, 1.807) is 0 Å². The number of halogens is 1. The first-order valence-electron chi connectivity index (χ1n) is 6.26. The van der Waals surface area contributed by atoms with Crippen molar-refractivity contribution in [2.24, 2.45) is 16.8 Å². The third-order valence-electron chi connectivity index (χ3n) is 2.87. The molecule has 0 radical (unpaired) electrons. The molecule has 23 heavy (non-hydrogen) atoms. The lowest BCUT2D eigenvalue weighted by Crippen LogP contribution is -2.32. The molecule has 2 aromatic rings. The topological polar surface area (TPSA) is 155 Å². The second-order valence-electron chi connectivity index (χ2n) is 4.45. The SMILES string of the molecule is CN(N=O)C(N)=O.Cl.N[C@@H](Cc1c[nH]c2ccccc12)C(=O)O. The van der Waals surface area contributed by atoms with Crippen molar-refractivity contribution in [1.82, 2.24) is 9.99 Å². The van der Waals surface area contributed by atoms with Crippen LogP contribution in [0.3, 0.4) is 0 Å². The van der Waals surface area contributed by atoms with Crippen LogP contribution in [-0.2, 0) is 11.2 Å². The second-order valence-corrected chi connectivity index (χ2v) is 4.45. The van der Waals surface area contributed by atoms with Gasteiger partial charge >= 0.3 is 12.0 Å². The predicted octanol–water partition coefficient (Wildman–Crippen LogP) is 1.22. The van der Waals surface area contributed by atoms with E-state index in [1.165, 1.54) is 7.05 Å². The Labute approximate surface area is 138 Å². The molecule has 2 amide bonds. The molecular formula is C13H18ClN5O4. The molecule has 0 spiro atoms. The van der Waals surface area contributed by atoms with E-state index in [2.05, 4.69) is 16.0 Å². The van der Waals surface area contributed by atoms with Gasteiger partial charge in [0.1, 0.15) is 6.04 Å². The third-order valence-corrected chi connectivity index (χ3v) is 2.87. The Morgan fingerprint density at radius 3 is 2.48 bits per heavy atom. The Hall–Kier alpha value is -2.65. The number of carbonyl (C=O) groups is 2. The number of carbonyl (C=O) groups excluding carboxylic acids is 1. The van der Waals surface area contributed by atoms with Crippen molar-refractivity contribution in [3.05, 3.63) is 40.9 Å². The number of para-hydroxylation sites is 1. The van der Waals surface area contributed by atoms with Crippen molar-refractivity contribution in [1.29, 1.82) is 0 Å².